The van der Waals surface area contributed by atoms with Gasteiger partial charge in [0.2, 0.25) is 0 Å². The summed E-state index contributed by atoms with van der Waals surface area (Å²) in [6.45, 7) is 0.433. The molecule has 7 heteroatoms. The molecule has 0 unspecified atom stereocenters. The van der Waals surface area contributed by atoms with Crippen molar-refractivity contribution in [2.24, 2.45) is 0 Å². The molecule has 28 heavy (non-hydrogen) atoms. The van der Waals surface area contributed by atoms with E-state index < -0.39 is 0 Å². The number of hydrogen-bond donors (Lipinski definition) is 0. The maximum atomic E-state index is 13.4. The summed E-state index contributed by atoms with van der Waals surface area (Å²) >= 11 is 14.9. The van der Waals surface area contributed by atoms with Crippen LogP contribution in [0.25, 0.3) is 26.3 Å². The summed E-state index contributed by atoms with van der Waals surface area (Å²) < 4.78 is 5.29. The van der Waals surface area contributed by atoms with Crippen LogP contribution in [-0.2, 0) is 6.54 Å². The molecule has 0 spiro atoms. The molecule has 0 saturated carbocycles. The number of aromatic nitrogens is 2. The first-order valence-corrected chi connectivity index (χ1v) is 11.1. The van der Waals surface area contributed by atoms with E-state index >= 15 is 0 Å². The number of nitrogens with zero attached hydrogens (tertiary/aromatic N) is 2. The van der Waals surface area contributed by atoms with Gasteiger partial charge in [0.25, 0.3) is 5.56 Å². The van der Waals surface area contributed by atoms with E-state index in [0.29, 0.717) is 16.3 Å². The summed E-state index contributed by atoms with van der Waals surface area (Å²) in [5.41, 5.74) is 3.72. The molecule has 3 heterocycles. The lowest BCUT2D eigenvalue weighted by atomic mass is 10.2. The van der Waals surface area contributed by atoms with Crippen molar-refractivity contribution in [3.8, 4) is 10.4 Å². The van der Waals surface area contributed by atoms with Gasteiger partial charge in [0.1, 0.15) is 10.3 Å². The molecule has 0 aliphatic rings. The average Bonchev–Trinajstić information content (AvgIpc) is 3.30. The van der Waals surface area contributed by atoms with Gasteiger partial charge in [0.15, 0.2) is 3.95 Å². The van der Waals surface area contributed by atoms with Crippen LogP contribution in [-0.4, -0.2) is 8.97 Å². The molecule has 3 nitrogen and oxygen atoms in total. The zero-order valence-electron chi connectivity index (χ0n) is 14.5. The monoisotopic (exact) mass is 440 g/mol. The van der Waals surface area contributed by atoms with Crippen LogP contribution in [0.4, 0.5) is 0 Å². The highest BCUT2D eigenvalue weighted by atomic mass is 35.5. The van der Waals surface area contributed by atoms with Crippen LogP contribution in [0, 0.1) is 3.95 Å². The summed E-state index contributed by atoms with van der Waals surface area (Å²) in [4.78, 5) is 14.4. The fourth-order valence-electron chi connectivity index (χ4n) is 3.42. The van der Waals surface area contributed by atoms with Crippen LogP contribution in [0.5, 0.6) is 0 Å². The van der Waals surface area contributed by atoms with E-state index in [-0.39, 0.29) is 5.56 Å². The van der Waals surface area contributed by atoms with Gasteiger partial charge in [-0.1, -0.05) is 54.1 Å². The molecule has 3 aromatic heterocycles. The number of fused-ring (bicyclic) bond motifs is 3. The molecule has 138 valence electrons. The van der Waals surface area contributed by atoms with Crippen LogP contribution in [0.1, 0.15) is 5.56 Å². The van der Waals surface area contributed by atoms with Crippen molar-refractivity contribution >= 4 is 62.4 Å². The van der Waals surface area contributed by atoms with E-state index in [2.05, 4.69) is 0 Å². The Morgan fingerprint density at radius 1 is 1.04 bits per heavy atom. The highest BCUT2D eigenvalue weighted by Crippen LogP contribution is 2.34. The first kappa shape index (κ1) is 17.8. The number of rotatable bonds is 3. The SMILES string of the molecule is O=c1c2sccc2n2c(=S)sc(-c3ccccc3)c2n1Cc1cccc(Cl)c1. The van der Waals surface area contributed by atoms with Gasteiger partial charge in [0.05, 0.1) is 16.9 Å². The van der Waals surface area contributed by atoms with Gasteiger partial charge in [-0.3, -0.25) is 13.8 Å². The second-order valence-electron chi connectivity index (χ2n) is 6.38. The van der Waals surface area contributed by atoms with E-state index in [1.54, 1.807) is 0 Å². The maximum Gasteiger partial charge on any atom is 0.271 e. The summed E-state index contributed by atoms with van der Waals surface area (Å²) in [5, 5.41) is 2.60. The Kier molecular flexibility index (Phi) is 4.44. The number of benzene rings is 2. The molecule has 5 rings (SSSR count). The number of thiazole rings is 1. The Morgan fingerprint density at radius 3 is 2.64 bits per heavy atom. The normalized spacial score (nSPS) is 11.5. The Hall–Kier alpha value is -2.25. The van der Waals surface area contributed by atoms with Gasteiger partial charge in [0, 0.05) is 5.02 Å². The summed E-state index contributed by atoms with van der Waals surface area (Å²) in [7, 11) is 0. The average molecular weight is 441 g/mol. The Labute approximate surface area is 178 Å². The van der Waals surface area contributed by atoms with Crippen LogP contribution in [0.3, 0.4) is 0 Å². The number of halogens is 1. The molecule has 0 aliphatic heterocycles. The lowest BCUT2D eigenvalue weighted by Gasteiger charge is -2.12. The molecule has 0 amide bonds. The van der Waals surface area contributed by atoms with Crippen LogP contribution >= 0.6 is 46.5 Å². The van der Waals surface area contributed by atoms with Gasteiger partial charge in [-0.05, 0) is 46.9 Å². The molecular weight excluding hydrogens is 428 g/mol. The standard InChI is InChI=1S/C21H13ClN2OS3/c22-15-8-4-5-13(11-15)12-23-19-17(14-6-2-1-3-7-14)28-21(26)24(19)16-9-10-27-18(16)20(23)25/h1-11H,12H2. The highest BCUT2D eigenvalue weighted by molar-refractivity contribution is 7.73. The lowest BCUT2D eigenvalue weighted by Crippen LogP contribution is -2.22. The molecular formula is C21H13ClN2OS3. The molecule has 0 aliphatic carbocycles. The molecule has 0 N–H and O–H groups in total. The summed E-state index contributed by atoms with van der Waals surface area (Å²) in [6.07, 6.45) is 0. The molecule has 5 aromatic rings. The van der Waals surface area contributed by atoms with Crippen LogP contribution in [0.15, 0.2) is 70.8 Å². The van der Waals surface area contributed by atoms with Crippen LogP contribution in [0.2, 0.25) is 5.02 Å². The van der Waals surface area contributed by atoms with Crippen molar-refractivity contribution in [2.75, 3.05) is 0 Å². The fourth-order valence-corrected chi connectivity index (χ4v) is 5.89. The minimum Gasteiger partial charge on any atom is -0.287 e. The molecule has 0 saturated heterocycles. The number of thiophene rings is 1. The summed E-state index contributed by atoms with van der Waals surface area (Å²) in [6, 6.07) is 19.7. The van der Waals surface area contributed by atoms with Crippen molar-refractivity contribution in [1.29, 1.82) is 0 Å². The van der Waals surface area contributed by atoms with Crippen molar-refractivity contribution in [2.45, 2.75) is 6.54 Å². The van der Waals surface area contributed by atoms with Gasteiger partial charge in [-0.25, -0.2) is 0 Å². The van der Waals surface area contributed by atoms with E-state index in [9.17, 15) is 4.79 Å². The van der Waals surface area contributed by atoms with E-state index in [1.807, 2.05) is 75.0 Å². The highest BCUT2D eigenvalue weighted by Gasteiger charge is 2.19. The molecule has 0 atom stereocenters. The first-order valence-electron chi connectivity index (χ1n) is 8.59. The predicted octanol–water partition coefficient (Wildman–Crippen LogP) is 6.48. The summed E-state index contributed by atoms with van der Waals surface area (Å²) in [5.74, 6) is 0. The predicted molar refractivity (Wildman–Crippen MR) is 122 cm³/mol. The van der Waals surface area contributed by atoms with Gasteiger partial charge in [-0.15, -0.1) is 22.7 Å². The minimum atomic E-state index is -0.00467. The second kappa shape index (κ2) is 6.97. The van der Waals surface area contributed by atoms with E-state index in [1.165, 1.54) is 22.7 Å². The largest absolute Gasteiger partial charge is 0.287 e. The zero-order valence-corrected chi connectivity index (χ0v) is 17.7. The topological polar surface area (TPSA) is 26.4 Å². The Bertz CT molecular complexity index is 1440. The van der Waals surface area contributed by atoms with Crippen molar-refractivity contribution < 1.29 is 0 Å². The Balaban J connectivity index is 1.90. The third-order valence-electron chi connectivity index (χ3n) is 4.63. The lowest BCUT2D eigenvalue weighted by molar-refractivity contribution is 0.782. The van der Waals surface area contributed by atoms with Gasteiger partial charge in [-0.2, -0.15) is 0 Å². The molecule has 0 fully saturated rings. The molecule has 2 aromatic carbocycles. The minimum absolute atomic E-state index is 0.00467. The van der Waals surface area contributed by atoms with Crippen molar-refractivity contribution in [1.82, 2.24) is 8.97 Å². The zero-order chi connectivity index (χ0) is 19.3. The van der Waals surface area contributed by atoms with Gasteiger partial charge < -0.3 is 0 Å². The molecule has 0 bridgehead atoms. The molecule has 0 radical (unpaired) electrons. The van der Waals surface area contributed by atoms with E-state index in [4.69, 9.17) is 23.8 Å². The Morgan fingerprint density at radius 2 is 1.86 bits per heavy atom. The van der Waals surface area contributed by atoms with E-state index in [0.717, 1.165) is 31.1 Å². The quantitative estimate of drug-likeness (QED) is 0.300. The van der Waals surface area contributed by atoms with Crippen molar-refractivity contribution in [3.05, 3.63) is 90.9 Å². The van der Waals surface area contributed by atoms with Crippen molar-refractivity contribution in [3.63, 3.8) is 0 Å². The maximum absolute atomic E-state index is 13.4. The van der Waals surface area contributed by atoms with Gasteiger partial charge >= 0.3 is 0 Å². The fraction of sp³-hybridized carbons (Fsp3) is 0.0476. The second-order valence-corrected chi connectivity index (χ2v) is 9.38. The number of hydrogen-bond acceptors (Lipinski definition) is 4. The third-order valence-corrected chi connectivity index (χ3v) is 7.17. The van der Waals surface area contributed by atoms with Crippen LogP contribution < -0.4 is 5.56 Å². The smallest absolute Gasteiger partial charge is 0.271 e. The third kappa shape index (κ3) is 2.84. The first-order chi connectivity index (χ1) is 13.6.